The molecule has 0 saturated carbocycles. The van der Waals surface area contributed by atoms with Crippen LogP contribution in [0.5, 0.6) is 0 Å². The van der Waals surface area contributed by atoms with E-state index in [-0.39, 0.29) is 17.3 Å². The number of hydrogen-bond acceptors (Lipinski definition) is 7. The number of allylic oxidation sites excluding steroid dienone is 2. The normalized spacial score (nSPS) is 19.9. The molecule has 0 bridgehead atoms. The van der Waals surface area contributed by atoms with Crippen molar-refractivity contribution < 1.29 is 0 Å². The van der Waals surface area contributed by atoms with Gasteiger partial charge in [0, 0.05) is 65.4 Å². The lowest BCUT2D eigenvalue weighted by molar-refractivity contribution is 0.234. The Morgan fingerprint density at radius 3 is 2.61 bits per heavy atom. The van der Waals surface area contributed by atoms with Gasteiger partial charge in [-0.25, -0.2) is 4.79 Å². The SMILES string of the molecule is CC(C)=CCn1c(N2CCCC(N)C2)nc2c1c(=O)n(CCCN1CCNCC1)c(=O)n2C. The first kappa shape index (κ1) is 23.7. The molecular weight excluding hydrogens is 420 g/mol. The smallest absolute Gasteiger partial charge is 0.332 e. The van der Waals surface area contributed by atoms with Gasteiger partial charge in [-0.1, -0.05) is 11.6 Å². The van der Waals surface area contributed by atoms with Gasteiger partial charge in [0.2, 0.25) is 5.95 Å². The molecule has 10 heteroatoms. The third kappa shape index (κ3) is 5.07. The van der Waals surface area contributed by atoms with Crippen LogP contribution >= 0.6 is 0 Å². The summed E-state index contributed by atoms with van der Waals surface area (Å²) < 4.78 is 4.87. The van der Waals surface area contributed by atoms with Crippen molar-refractivity contribution in [3.05, 3.63) is 32.5 Å². The Bertz CT molecular complexity index is 1120. The first-order chi connectivity index (χ1) is 15.9. The van der Waals surface area contributed by atoms with E-state index >= 15 is 0 Å². The summed E-state index contributed by atoms with van der Waals surface area (Å²) >= 11 is 0. The first-order valence-corrected chi connectivity index (χ1v) is 12.1. The minimum atomic E-state index is -0.304. The van der Waals surface area contributed by atoms with Crippen LogP contribution in [0.25, 0.3) is 11.2 Å². The highest BCUT2D eigenvalue weighted by Crippen LogP contribution is 2.23. The summed E-state index contributed by atoms with van der Waals surface area (Å²) in [5.41, 5.74) is 7.78. The summed E-state index contributed by atoms with van der Waals surface area (Å²) in [6.45, 7) is 11.4. The van der Waals surface area contributed by atoms with Gasteiger partial charge in [0.1, 0.15) is 0 Å². The number of anilines is 1. The molecule has 182 valence electrons. The minimum absolute atomic E-state index is 0.0842. The van der Waals surface area contributed by atoms with Gasteiger partial charge in [-0.3, -0.25) is 13.9 Å². The van der Waals surface area contributed by atoms with Crippen LogP contribution in [0.15, 0.2) is 21.2 Å². The quantitative estimate of drug-likeness (QED) is 0.566. The van der Waals surface area contributed by atoms with Crippen LogP contribution in [0.1, 0.15) is 33.1 Å². The van der Waals surface area contributed by atoms with Crippen LogP contribution < -0.4 is 27.2 Å². The summed E-state index contributed by atoms with van der Waals surface area (Å²) in [6, 6.07) is 0.0842. The van der Waals surface area contributed by atoms with Crippen LogP contribution in [-0.2, 0) is 20.1 Å². The monoisotopic (exact) mass is 458 g/mol. The fourth-order valence-electron chi connectivity index (χ4n) is 4.82. The predicted octanol–water partition coefficient (Wildman–Crippen LogP) is 0.0857. The largest absolute Gasteiger partial charge is 0.341 e. The molecule has 0 amide bonds. The van der Waals surface area contributed by atoms with E-state index in [9.17, 15) is 9.59 Å². The van der Waals surface area contributed by atoms with Crippen molar-refractivity contribution in [2.24, 2.45) is 12.8 Å². The van der Waals surface area contributed by atoms with Crippen LogP contribution in [-0.4, -0.2) is 75.4 Å². The minimum Gasteiger partial charge on any atom is -0.341 e. The maximum absolute atomic E-state index is 13.6. The van der Waals surface area contributed by atoms with E-state index in [0.717, 1.165) is 64.5 Å². The summed E-state index contributed by atoms with van der Waals surface area (Å²) in [4.78, 5) is 36.1. The van der Waals surface area contributed by atoms with Crippen molar-refractivity contribution in [2.75, 3.05) is 50.7 Å². The van der Waals surface area contributed by atoms with Crippen molar-refractivity contribution in [3.63, 3.8) is 0 Å². The molecular formula is C23H38N8O2. The van der Waals surface area contributed by atoms with Gasteiger partial charge >= 0.3 is 5.69 Å². The van der Waals surface area contributed by atoms with Gasteiger partial charge in [-0.15, -0.1) is 0 Å². The van der Waals surface area contributed by atoms with E-state index in [2.05, 4.69) is 21.2 Å². The summed E-state index contributed by atoms with van der Waals surface area (Å²) in [5, 5.41) is 3.35. The highest BCUT2D eigenvalue weighted by molar-refractivity contribution is 5.74. The average molecular weight is 459 g/mol. The molecule has 1 atom stereocenters. The molecule has 4 rings (SSSR count). The van der Waals surface area contributed by atoms with E-state index in [1.54, 1.807) is 7.05 Å². The van der Waals surface area contributed by atoms with E-state index in [1.165, 1.54) is 14.7 Å². The van der Waals surface area contributed by atoms with Gasteiger partial charge in [-0.05, 0) is 39.7 Å². The number of aromatic nitrogens is 4. The van der Waals surface area contributed by atoms with Crippen LogP contribution in [0, 0.1) is 0 Å². The highest BCUT2D eigenvalue weighted by atomic mass is 16.2. The average Bonchev–Trinajstić information content (AvgIpc) is 3.19. The van der Waals surface area contributed by atoms with Gasteiger partial charge < -0.3 is 25.4 Å². The zero-order valence-electron chi connectivity index (χ0n) is 20.2. The summed E-state index contributed by atoms with van der Waals surface area (Å²) in [5.74, 6) is 0.725. The molecule has 0 aliphatic carbocycles. The maximum atomic E-state index is 13.6. The number of hydrogen-bond donors (Lipinski definition) is 2. The fraction of sp³-hybridized carbons (Fsp3) is 0.696. The fourth-order valence-corrected chi connectivity index (χ4v) is 4.82. The molecule has 2 fully saturated rings. The summed E-state index contributed by atoms with van der Waals surface area (Å²) in [7, 11) is 1.71. The second-order valence-corrected chi connectivity index (χ2v) is 9.57. The molecule has 2 saturated heterocycles. The Balaban J connectivity index is 1.73. The molecule has 3 N–H and O–H groups in total. The predicted molar refractivity (Wildman–Crippen MR) is 132 cm³/mol. The molecule has 1 unspecified atom stereocenters. The highest BCUT2D eigenvalue weighted by Gasteiger charge is 2.26. The summed E-state index contributed by atoms with van der Waals surface area (Å²) in [6.07, 6.45) is 4.83. The number of imidazole rings is 1. The van der Waals surface area contributed by atoms with Crippen molar-refractivity contribution in [1.29, 1.82) is 0 Å². The van der Waals surface area contributed by atoms with Crippen LogP contribution in [0.4, 0.5) is 5.95 Å². The van der Waals surface area contributed by atoms with E-state index < -0.39 is 0 Å². The van der Waals surface area contributed by atoms with E-state index in [1.807, 2.05) is 18.4 Å². The first-order valence-electron chi connectivity index (χ1n) is 12.1. The van der Waals surface area contributed by atoms with E-state index in [0.29, 0.717) is 30.8 Å². The Morgan fingerprint density at radius 2 is 1.91 bits per heavy atom. The third-order valence-electron chi connectivity index (χ3n) is 6.70. The van der Waals surface area contributed by atoms with Gasteiger partial charge in [0.25, 0.3) is 5.56 Å². The number of aryl methyl sites for hydroxylation is 1. The lowest BCUT2D eigenvalue weighted by Gasteiger charge is -2.31. The van der Waals surface area contributed by atoms with Gasteiger partial charge in [0.15, 0.2) is 11.2 Å². The van der Waals surface area contributed by atoms with Gasteiger partial charge in [-0.2, -0.15) is 4.98 Å². The Hall–Kier alpha value is -2.43. The Labute approximate surface area is 194 Å². The number of rotatable bonds is 7. The second kappa shape index (κ2) is 10.2. The molecule has 2 aromatic heterocycles. The van der Waals surface area contributed by atoms with Crippen molar-refractivity contribution >= 4 is 17.1 Å². The molecule has 2 aromatic rings. The maximum Gasteiger partial charge on any atom is 0.332 e. The number of nitrogens with zero attached hydrogens (tertiary/aromatic N) is 6. The zero-order chi connectivity index (χ0) is 23.5. The molecule has 2 aliphatic heterocycles. The van der Waals surface area contributed by atoms with E-state index in [4.69, 9.17) is 10.7 Å². The topological polar surface area (TPSA) is 106 Å². The van der Waals surface area contributed by atoms with Crippen LogP contribution in [0.2, 0.25) is 0 Å². The van der Waals surface area contributed by atoms with Crippen molar-refractivity contribution in [3.8, 4) is 0 Å². The molecule has 0 aromatic carbocycles. The Morgan fingerprint density at radius 1 is 1.15 bits per heavy atom. The standard InChI is InChI=1S/C23H38N8O2/c1-17(2)7-13-30-19-20(26-22(30)29-11-4-6-18(24)16-29)27(3)23(33)31(21(19)32)12-5-10-28-14-8-25-9-15-28/h7,18,25H,4-6,8-16,24H2,1-3H3. The van der Waals surface area contributed by atoms with Crippen molar-refractivity contribution in [1.82, 2.24) is 28.9 Å². The molecule has 4 heterocycles. The van der Waals surface area contributed by atoms with Crippen molar-refractivity contribution in [2.45, 2.75) is 52.2 Å². The molecule has 0 spiro atoms. The molecule has 0 radical (unpaired) electrons. The third-order valence-corrected chi connectivity index (χ3v) is 6.70. The number of nitrogens with two attached hydrogens (primary N) is 1. The van der Waals surface area contributed by atoms with Crippen LogP contribution in [0.3, 0.4) is 0 Å². The molecule has 10 nitrogen and oxygen atoms in total. The lowest BCUT2D eigenvalue weighted by Crippen LogP contribution is -2.45. The number of fused-ring (bicyclic) bond motifs is 1. The second-order valence-electron chi connectivity index (χ2n) is 9.57. The number of nitrogens with one attached hydrogen (secondary N) is 1. The Kier molecular flexibility index (Phi) is 7.35. The zero-order valence-corrected chi connectivity index (χ0v) is 20.2. The number of piperazine rings is 1. The molecule has 33 heavy (non-hydrogen) atoms. The van der Waals surface area contributed by atoms with Gasteiger partial charge in [0.05, 0.1) is 0 Å². The number of piperidine rings is 1. The molecule has 2 aliphatic rings. The lowest BCUT2D eigenvalue weighted by atomic mass is 10.1.